The Labute approximate surface area is 70.0 Å². The van der Waals surface area contributed by atoms with E-state index in [0.29, 0.717) is 0 Å². The van der Waals surface area contributed by atoms with Gasteiger partial charge in [0.25, 0.3) is 0 Å². The van der Waals surface area contributed by atoms with Crippen LogP contribution in [0.15, 0.2) is 0 Å². The molecular formula is C2H7AsCaO2. The van der Waals surface area contributed by atoms with Gasteiger partial charge in [-0.1, -0.05) is 0 Å². The van der Waals surface area contributed by atoms with Gasteiger partial charge in [-0.05, 0) is 0 Å². The van der Waals surface area contributed by atoms with E-state index in [1.807, 2.05) is 0 Å². The van der Waals surface area contributed by atoms with E-state index in [-0.39, 0.29) is 37.7 Å². The Bertz CT molecular complexity index is 57.7. The second-order valence-corrected chi connectivity index (χ2v) is 6.72. The molecule has 34 valence electrons. The maximum Gasteiger partial charge on any atom is 0 e. The van der Waals surface area contributed by atoms with Crippen molar-refractivity contribution < 1.29 is 7.84 Å². The smallest absolute Gasteiger partial charge is 0 e. The van der Waals surface area contributed by atoms with Gasteiger partial charge in [0.15, 0.2) is 0 Å². The third-order valence-electron chi connectivity index (χ3n) is 0. The summed E-state index contributed by atoms with van der Waals surface area (Å²) < 4.78 is 18.0. The fourth-order valence-corrected chi connectivity index (χ4v) is 0. The molecule has 0 aromatic heterocycles. The first-order valence-corrected chi connectivity index (χ1v) is 6.64. The molecule has 1 N–H and O–H groups in total. The van der Waals surface area contributed by atoms with Gasteiger partial charge in [0.05, 0.1) is 0 Å². The second kappa shape index (κ2) is 3.56. The molecule has 0 aliphatic heterocycles. The van der Waals surface area contributed by atoms with Gasteiger partial charge in [-0.25, -0.2) is 0 Å². The van der Waals surface area contributed by atoms with Crippen LogP contribution in [0, 0.1) is 0 Å². The summed E-state index contributed by atoms with van der Waals surface area (Å²) in [5.41, 5.74) is 2.72. The molecule has 0 rings (SSSR count). The molecule has 2 nitrogen and oxygen atoms in total. The number of hydrogen-bond acceptors (Lipinski definition) is 1. The van der Waals surface area contributed by atoms with Crippen molar-refractivity contribution in [3.63, 3.8) is 0 Å². The molecule has 4 heteroatoms. The van der Waals surface area contributed by atoms with Crippen molar-refractivity contribution in [2.45, 2.75) is 11.4 Å². The van der Waals surface area contributed by atoms with Crippen LogP contribution in [0.3, 0.4) is 0 Å². The van der Waals surface area contributed by atoms with Gasteiger partial charge in [-0.3, -0.25) is 0 Å². The summed E-state index contributed by atoms with van der Waals surface area (Å²) in [6.45, 7) is 0. The molecule has 0 amide bonds. The van der Waals surface area contributed by atoms with Crippen molar-refractivity contribution in [3.8, 4) is 0 Å². The zero-order chi connectivity index (χ0) is 4.50. The van der Waals surface area contributed by atoms with Crippen LogP contribution in [0.25, 0.3) is 0 Å². The van der Waals surface area contributed by atoms with Crippen molar-refractivity contribution >= 4 is 51.6 Å². The maximum atomic E-state index is 9.83. The predicted molar refractivity (Wildman–Crippen MR) is 26.1 cm³/mol. The van der Waals surface area contributed by atoms with Crippen LogP contribution in [0.5, 0.6) is 0 Å². The molecule has 0 aromatic carbocycles. The third-order valence-corrected chi connectivity index (χ3v) is 0. The van der Waals surface area contributed by atoms with Gasteiger partial charge in [0.2, 0.25) is 0 Å². The Morgan fingerprint density at radius 2 is 1.50 bits per heavy atom. The summed E-state index contributed by atoms with van der Waals surface area (Å²) in [5.74, 6) is 0. The van der Waals surface area contributed by atoms with Crippen LogP contribution in [0.1, 0.15) is 0 Å². The normalized spacial score (nSPS) is 9.83. The standard InChI is InChI=1S/C2H7AsO2.Ca/c1-3(2,4)5;/h1-2H3,(H,4,5);. The van der Waals surface area contributed by atoms with Crippen LogP contribution in [0.4, 0.5) is 0 Å². The van der Waals surface area contributed by atoms with E-state index >= 15 is 0 Å². The van der Waals surface area contributed by atoms with E-state index in [0.717, 1.165) is 0 Å². The first kappa shape index (κ1) is 10.5. The Morgan fingerprint density at radius 1 is 1.50 bits per heavy atom. The van der Waals surface area contributed by atoms with Crippen LogP contribution in [-0.2, 0) is 3.74 Å². The molecule has 0 fully saturated rings. The largest absolute Gasteiger partial charge is 0 e. The first-order valence-electron chi connectivity index (χ1n) is 1.28. The molecule has 0 bridgehead atoms. The number of hydrogen-bond donors (Lipinski definition) is 1. The molecule has 0 heterocycles. The minimum absolute atomic E-state index is 0. The van der Waals surface area contributed by atoms with Crippen molar-refractivity contribution in [1.29, 1.82) is 0 Å². The summed E-state index contributed by atoms with van der Waals surface area (Å²) in [5, 5.41) is 0. The SMILES string of the molecule is C[As](C)(=O)O.[Ca]. The number of rotatable bonds is 0. The quantitative estimate of drug-likeness (QED) is 0.518. The van der Waals surface area contributed by atoms with E-state index in [1.54, 1.807) is 0 Å². The molecule has 0 spiro atoms. The molecular weight excluding hydrogens is 171 g/mol. The van der Waals surface area contributed by atoms with Crippen LogP contribution < -0.4 is 0 Å². The summed E-state index contributed by atoms with van der Waals surface area (Å²) in [6.07, 6.45) is 0. The Balaban J connectivity index is 0. The molecule has 0 saturated heterocycles. The fourth-order valence-electron chi connectivity index (χ4n) is 0. The minimum Gasteiger partial charge on any atom is 0 e. The molecule has 0 aromatic rings. The predicted octanol–water partition coefficient (Wildman–Crippen LogP) is -0.270. The van der Waals surface area contributed by atoms with Gasteiger partial charge < -0.3 is 0 Å². The van der Waals surface area contributed by atoms with Gasteiger partial charge in [-0.15, -0.1) is 0 Å². The van der Waals surface area contributed by atoms with Crippen LogP contribution in [-0.4, -0.2) is 55.7 Å². The fraction of sp³-hybridized carbons (Fsp3) is 1.00. The van der Waals surface area contributed by atoms with E-state index in [4.69, 9.17) is 4.10 Å². The average Bonchev–Trinajstić information content (AvgIpc) is 0.722. The molecule has 0 aliphatic rings. The molecule has 6 heavy (non-hydrogen) atoms. The average molecular weight is 178 g/mol. The van der Waals surface area contributed by atoms with Crippen molar-refractivity contribution in [2.75, 3.05) is 0 Å². The molecule has 0 unspecified atom stereocenters. The molecule has 0 aliphatic carbocycles. The maximum absolute atomic E-state index is 9.83. The summed E-state index contributed by atoms with van der Waals surface area (Å²) in [7, 11) is 0. The van der Waals surface area contributed by atoms with Gasteiger partial charge in [-0.2, -0.15) is 0 Å². The molecule has 0 atom stereocenters. The molecule has 2 radical (unpaired) electrons. The summed E-state index contributed by atoms with van der Waals surface area (Å²) in [4.78, 5) is 0. The zero-order valence-electron chi connectivity index (χ0n) is 4.01. The van der Waals surface area contributed by atoms with E-state index in [1.165, 1.54) is 11.4 Å². The van der Waals surface area contributed by atoms with Gasteiger partial charge in [0.1, 0.15) is 0 Å². The first-order chi connectivity index (χ1) is 2.00. The molecule has 0 saturated carbocycles. The Kier molecular flexibility index (Phi) is 6.26. The monoisotopic (exact) mass is 178 g/mol. The van der Waals surface area contributed by atoms with Crippen molar-refractivity contribution in [1.82, 2.24) is 0 Å². The van der Waals surface area contributed by atoms with Gasteiger partial charge >= 0.3 is 33.1 Å². The van der Waals surface area contributed by atoms with Crippen molar-refractivity contribution in [2.24, 2.45) is 0 Å². The topological polar surface area (TPSA) is 37.3 Å². The second-order valence-electron chi connectivity index (χ2n) is 1.29. The van der Waals surface area contributed by atoms with Crippen molar-refractivity contribution in [3.05, 3.63) is 0 Å². The third kappa shape index (κ3) is 46.9. The van der Waals surface area contributed by atoms with E-state index in [2.05, 4.69) is 0 Å². The Hall–Kier alpha value is 1.58. The zero-order valence-corrected chi connectivity index (χ0v) is 8.09. The summed E-state index contributed by atoms with van der Waals surface area (Å²) in [6, 6.07) is 0. The minimum atomic E-state index is -3.12. The summed E-state index contributed by atoms with van der Waals surface area (Å²) >= 11 is -3.12. The Morgan fingerprint density at radius 3 is 1.50 bits per heavy atom. The van der Waals surface area contributed by atoms with E-state index in [9.17, 15) is 3.74 Å². The van der Waals surface area contributed by atoms with Crippen LogP contribution >= 0.6 is 0 Å². The van der Waals surface area contributed by atoms with Crippen LogP contribution in [0.2, 0.25) is 11.4 Å². The van der Waals surface area contributed by atoms with Gasteiger partial charge in [0, 0.05) is 37.7 Å². The van der Waals surface area contributed by atoms with E-state index < -0.39 is 13.8 Å².